The van der Waals surface area contributed by atoms with Crippen molar-refractivity contribution in [2.24, 2.45) is 7.05 Å². The highest BCUT2D eigenvalue weighted by molar-refractivity contribution is 5.84. The Morgan fingerprint density at radius 1 is 1.12 bits per heavy atom. The number of hydrogen-bond donors (Lipinski definition) is 1. The quantitative estimate of drug-likeness (QED) is 0.766. The van der Waals surface area contributed by atoms with Crippen molar-refractivity contribution in [3.8, 4) is 0 Å². The fourth-order valence-corrected chi connectivity index (χ4v) is 3.78. The third-order valence-electron chi connectivity index (χ3n) is 5.23. The molecule has 0 saturated carbocycles. The molecule has 2 aromatic carbocycles. The first-order valence-corrected chi connectivity index (χ1v) is 9.01. The summed E-state index contributed by atoms with van der Waals surface area (Å²) >= 11 is 0. The van der Waals surface area contributed by atoms with E-state index in [1.54, 1.807) is 0 Å². The smallest absolute Gasteiger partial charge is 0.123 e. The van der Waals surface area contributed by atoms with E-state index in [1.165, 1.54) is 17.7 Å². The molecule has 0 bridgehead atoms. The molecule has 0 saturated heterocycles. The second kappa shape index (κ2) is 7.06. The fourth-order valence-electron chi connectivity index (χ4n) is 3.78. The Morgan fingerprint density at radius 3 is 2.62 bits per heavy atom. The minimum atomic E-state index is -0.512. The number of nitrogens with zero attached hydrogens (tertiary/aromatic N) is 2. The summed E-state index contributed by atoms with van der Waals surface area (Å²) in [7, 11) is 2.01. The maximum atomic E-state index is 13.1. The van der Waals surface area contributed by atoms with Crippen LogP contribution in [-0.4, -0.2) is 34.2 Å². The Balaban J connectivity index is 1.46. The van der Waals surface area contributed by atoms with Crippen LogP contribution in [0, 0.1) is 5.82 Å². The van der Waals surface area contributed by atoms with E-state index in [0.717, 1.165) is 41.5 Å². The van der Waals surface area contributed by atoms with E-state index in [4.69, 9.17) is 0 Å². The number of aromatic nitrogens is 1. The average Bonchev–Trinajstić information content (AvgIpc) is 3.00. The van der Waals surface area contributed by atoms with Gasteiger partial charge in [0, 0.05) is 49.3 Å². The SMILES string of the molecule is Cn1cc([C@H](O)CN2CC=C(c3ccc(F)cc3)CC2)c2ccccc21. The average molecular weight is 350 g/mol. The van der Waals surface area contributed by atoms with Crippen molar-refractivity contribution in [1.29, 1.82) is 0 Å². The van der Waals surface area contributed by atoms with Gasteiger partial charge in [-0.3, -0.25) is 4.90 Å². The highest BCUT2D eigenvalue weighted by atomic mass is 19.1. The Morgan fingerprint density at radius 2 is 1.88 bits per heavy atom. The molecule has 0 radical (unpaired) electrons. The molecule has 26 heavy (non-hydrogen) atoms. The number of para-hydroxylation sites is 1. The Labute approximate surface area is 153 Å². The highest BCUT2D eigenvalue weighted by Crippen LogP contribution is 2.28. The summed E-state index contributed by atoms with van der Waals surface area (Å²) in [5.74, 6) is -0.204. The number of rotatable bonds is 4. The summed E-state index contributed by atoms with van der Waals surface area (Å²) in [5, 5.41) is 11.9. The van der Waals surface area contributed by atoms with Gasteiger partial charge in [-0.1, -0.05) is 36.4 Å². The van der Waals surface area contributed by atoms with E-state index in [1.807, 2.05) is 37.5 Å². The first-order chi connectivity index (χ1) is 12.6. The van der Waals surface area contributed by atoms with Crippen LogP contribution >= 0.6 is 0 Å². The summed E-state index contributed by atoms with van der Waals surface area (Å²) in [4.78, 5) is 2.26. The van der Waals surface area contributed by atoms with Crippen molar-refractivity contribution in [3.63, 3.8) is 0 Å². The molecule has 1 aliphatic heterocycles. The van der Waals surface area contributed by atoms with E-state index in [2.05, 4.69) is 27.7 Å². The molecule has 0 fully saturated rings. The molecule has 1 atom stereocenters. The predicted octanol–water partition coefficient (Wildman–Crippen LogP) is 4.14. The molecule has 0 unspecified atom stereocenters. The van der Waals surface area contributed by atoms with Crippen LogP contribution in [0.25, 0.3) is 16.5 Å². The fraction of sp³-hybridized carbons (Fsp3) is 0.273. The molecule has 4 heteroatoms. The number of hydrogen-bond acceptors (Lipinski definition) is 2. The van der Waals surface area contributed by atoms with Crippen LogP contribution in [0.15, 0.2) is 60.8 Å². The van der Waals surface area contributed by atoms with Crippen LogP contribution < -0.4 is 0 Å². The number of aliphatic hydroxyl groups is 1. The third-order valence-corrected chi connectivity index (χ3v) is 5.23. The minimum Gasteiger partial charge on any atom is -0.387 e. The molecular formula is C22H23FN2O. The van der Waals surface area contributed by atoms with Crippen LogP contribution in [0.5, 0.6) is 0 Å². The number of fused-ring (bicyclic) bond motifs is 1. The standard InChI is InChI=1S/C22H23FN2O/c1-24-14-20(19-4-2-3-5-21(19)24)22(26)15-25-12-10-17(11-13-25)16-6-8-18(23)9-7-16/h2-10,14,22,26H,11-13,15H2,1H3/t22-/m1/s1. The van der Waals surface area contributed by atoms with Gasteiger partial charge in [0.15, 0.2) is 0 Å². The molecule has 1 aliphatic rings. The zero-order valence-electron chi connectivity index (χ0n) is 14.9. The Hall–Kier alpha value is -2.43. The predicted molar refractivity (Wildman–Crippen MR) is 103 cm³/mol. The van der Waals surface area contributed by atoms with Gasteiger partial charge in [-0.25, -0.2) is 4.39 Å². The molecule has 1 N–H and O–H groups in total. The number of β-amino-alcohol motifs (C(OH)–C–C–N with tert-alkyl or cyclic N) is 1. The number of aliphatic hydroxyl groups excluding tert-OH is 1. The molecular weight excluding hydrogens is 327 g/mol. The monoisotopic (exact) mass is 350 g/mol. The van der Waals surface area contributed by atoms with Gasteiger partial charge in [0.25, 0.3) is 0 Å². The van der Waals surface area contributed by atoms with Gasteiger partial charge in [-0.15, -0.1) is 0 Å². The topological polar surface area (TPSA) is 28.4 Å². The van der Waals surface area contributed by atoms with Crippen molar-refractivity contribution in [3.05, 3.63) is 77.7 Å². The second-order valence-corrected chi connectivity index (χ2v) is 6.97. The van der Waals surface area contributed by atoms with Gasteiger partial charge in [-0.05, 0) is 35.8 Å². The maximum absolute atomic E-state index is 13.1. The van der Waals surface area contributed by atoms with Crippen LogP contribution in [0.4, 0.5) is 4.39 Å². The van der Waals surface area contributed by atoms with Crippen molar-refractivity contribution in [2.45, 2.75) is 12.5 Å². The van der Waals surface area contributed by atoms with Gasteiger partial charge >= 0.3 is 0 Å². The third kappa shape index (κ3) is 3.30. The van der Waals surface area contributed by atoms with Crippen molar-refractivity contribution < 1.29 is 9.50 Å². The van der Waals surface area contributed by atoms with Crippen molar-refractivity contribution in [2.75, 3.05) is 19.6 Å². The zero-order valence-corrected chi connectivity index (χ0v) is 14.9. The van der Waals surface area contributed by atoms with Gasteiger partial charge in [0.05, 0.1) is 6.10 Å². The van der Waals surface area contributed by atoms with Crippen LogP contribution in [0.1, 0.15) is 23.7 Å². The molecule has 0 amide bonds. The van der Waals surface area contributed by atoms with Gasteiger partial charge in [0.1, 0.15) is 5.82 Å². The van der Waals surface area contributed by atoms with E-state index < -0.39 is 6.10 Å². The normalized spacial score (nSPS) is 16.7. The van der Waals surface area contributed by atoms with E-state index in [0.29, 0.717) is 6.54 Å². The van der Waals surface area contributed by atoms with Crippen molar-refractivity contribution >= 4 is 16.5 Å². The number of aryl methyl sites for hydroxylation is 1. The highest BCUT2D eigenvalue weighted by Gasteiger charge is 2.20. The lowest BCUT2D eigenvalue weighted by molar-refractivity contribution is 0.120. The summed E-state index contributed by atoms with van der Waals surface area (Å²) in [6.45, 7) is 2.31. The first kappa shape index (κ1) is 17.0. The molecule has 1 aromatic heterocycles. The number of halogens is 1. The van der Waals surface area contributed by atoms with E-state index in [-0.39, 0.29) is 5.82 Å². The summed E-state index contributed by atoms with van der Waals surface area (Å²) < 4.78 is 15.1. The molecule has 0 spiro atoms. The second-order valence-electron chi connectivity index (χ2n) is 6.97. The van der Waals surface area contributed by atoms with Gasteiger partial charge in [0.2, 0.25) is 0 Å². The van der Waals surface area contributed by atoms with Crippen LogP contribution in [0.3, 0.4) is 0 Å². The van der Waals surface area contributed by atoms with Crippen LogP contribution in [-0.2, 0) is 7.05 Å². The Kier molecular flexibility index (Phi) is 4.62. The van der Waals surface area contributed by atoms with Crippen LogP contribution in [0.2, 0.25) is 0 Å². The minimum absolute atomic E-state index is 0.204. The lowest BCUT2D eigenvalue weighted by Crippen LogP contribution is -2.32. The van der Waals surface area contributed by atoms with E-state index in [9.17, 15) is 9.50 Å². The molecule has 4 rings (SSSR count). The maximum Gasteiger partial charge on any atom is 0.123 e. The van der Waals surface area contributed by atoms with E-state index >= 15 is 0 Å². The van der Waals surface area contributed by atoms with Gasteiger partial charge < -0.3 is 9.67 Å². The summed E-state index contributed by atoms with van der Waals surface area (Å²) in [6.07, 6.45) is 4.61. The van der Waals surface area contributed by atoms with Gasteiger partial charge in [-0.2, -0.15) is 0 Å². The largest absolute Gasteiger partial charge is 0.387 e. The first-order valence-electron chi connectivity index (χ1n) is 9.01. The molecule has 2 heterocycles. The molecule has 3 aromatic rings. The summed E-state index contributed by atoms with van der Waals surface area (Å²) in [6, 6.07) is 14.9. The Bertz CT molecular complexity index is 942. The summed E-state index contributed by atoms with van der Waals surface area (Å²) in [5.41, 5.74) is 4.46. The number of benzene rings is 2. The lowest BCUT2D eigenvalue weighted by Gasteiger charge is -2.28. The lowest BCUT2D eigenvalue weighted by atomic mass is 9.99. The van der Waals surface area contributed by atoms with Crippen molar-refractivity contribution in [1.82, 2.24) is 9.47 Å². The molecule has 3 nitrogen and oxygen atoms in total. The molecule has 0 aliphatic carbocycles. The molecule has 134 valence electrons. The zero-order chi connectivity index (χ0) is 18.1.